The molecule has 2 aromatic carbocycles. The van der Waals surface area contributed by atoms with E-state index in [1.54, 1.807) is 12.1 Å². The Hall–Kier alpha value is -2.55. The van der Waals surface area contributed by atoms with Crippen molar-refractivity contribution in [2.75, 3.05) is 32.7 Å². The zero-order chi connectivity index (χ0) is 21.8. The van der Waals surface area contributed by atoms with Gasteiger partial charge in [0, 0.05) is 61.9 Å². The van der Waals surface area contributed by atoms with E-state index in [0.717, 1.165) is 67.7 Å². The molecular formula is C23H27F3N4O. The first-order valence-electron chi connectivity index (χ1n) is 10.5. The van der Waals surface area contributed by atoms with Crippen LogP contribution in [0.4, 0.5) is 13.2 Å². The number of alkyl halides is 3. The van der Waals surface area contributed by atoms with Crippen LogP contribution in [0, 0.1) is 0 Å². The van der Waals surface area contributed by atoms with Gasteiger partial charge < -0.3 is 20.4 Å². The average Bonchev–Trinajstić information content (AvgIpc) is 3.10. The molecular weight excluding hydrogens is 405 g/mol. The summed E-state index contributed by atoms with van der Waals surface area (Å²) in [7, 11) is 0. The average molecular weight is 432 g/mol. The first kappa shape index (κ1) is 21.7. The molecule has 1 fully saturated rings. The highest BCUT2D eigenvalue weighted by atomic mass is 19.4. The first-order valence-corrected chi connectivity index (χ1v) is 10.5. The summed E-state index contributed by atoms with van der Waals surface area (Å²) in [5.41, 5.74) is 9.88. The fourth-order valence-corrected chi connectivity index (χ4v) is 4.08. The lowest BCUT2D eigenvalue weighted by atomic mass is 10.0. The zero-order valence-electron chi connectivity index (χ0n) is 17.3. The van der Waals surface area contributed by atoms with Gasteiger partial charge in [0.05, 0.1) is 0 Å². The molecule has 0 unspecified atom stereocenters. The normalized spacial score (nSPS) is 15.5. The van der Waals surface area contributed by atoms with Crippen molar-refractivity contribution in [2.45, 2.75) is 25.9 Å². The molecule has 0 radical (unpaired) electrons. The van der Waals surface area contributed by atoms with E-state index in [4.69, 9.17) is 5.73 Å². The fourth-order valence-electron chi connectivity index (χ4n) is 4.08. The van der Waals surface area contributed by atoms with Gasteiger partial charge in [-0.05, 0) is 48.4 Å². The van der Waals surface area contributed by atoms with Gasteiger partial charge in [-0.25, -0.2) is 0 Å². The summed E-state index contributed by atoms with van der Waals surface area (Å²) >= 11 is 0. The highest BCUT2D eigenvalue weighted by Crippen LogP contribution is 2.33. The quantitative estimate of drug-likeness (QED) is 0.594. The topological polar surface area (TPSA) is 55.5 Å². The summed E-state index contributed by atoms with van der Waals surface area (Å²) in [6, 6.07) is 12.6. The minimum absolute atomic E-state index is 0.220. The minimum atomic E-state index is -4.70. The van der Waals surface area contributed by atoms with Crippen LogP contribution in [0.5, 0.6) is 5.75 Å². The third kappa shape index (κ3) is 5.39. The standard InChI is InChI=1S/C23H27F3N4O/c24-23(25,26)31-19-5-3-18(4-6-19)21-16-30(11-1-8-27)22-7-2-17(14-20(21)22)15-29-12-9-28-10-13-29/h2-7,14,16,28H,1,8-13,15,27H2. The molecule has 3 N–H and O–H groups in total. The zero-order valence-corrected chi connectivity index (χ0v) is 17.3. The van der Waals surface area contributed by atoms with Gasteiger partial charge >= 0.3 is 6.36 Å². The summed E-state index contributed by atoms with van der Waals surface area (Å²) in [5.74, 6) is -0.220. The van der Waals surface area contributed by atoms with Crippen LogP contribution in [0.25, 0.3) is 22.0 Å². The number of nitrogens with two attached hydrogens (primary N) is 1. The van der Waals surface area contributed by atoms with Crippen LogP contribution in [-0.2, 0) is 13.1 Å². The number of nitrogens with zero attached hydrogens (tertiary/aromatic N) is 2. The Bertz CT molecular complexity index is 1010. The highest BCUT2D eigenvalue weighted by Gasteiger charge is 2.31. The van der Waals surface area contributed by atoms with Crippen LogP contribution in [0.1, 0.15) is 12.0 Å². The van der Waals surface area contributed by atoms with Gasteiger partial charge in [-0.15, -0.1) is 13.2 Å². The monoisotopic (exact) mass is 432 g/mol. The largest absolute Gasteiger partial charge is 0.573 e. The third-order valence-corrected chi connectivity index (χ3v) is 5.56. The number of nitrogens with one attached hydrogen (secondary N) is 1. The predicted molar refractivity (Wildman–Crippen MR) is 116 cm³/mol. The van der Waals surface area contributed by atoms with Gasteiger partial charge in [0.1, 0.15) is 5.75 Å². The number of ether oxygens (including phenoxy) is 1. The van der Waals surface area contributed by atoms with E-state index in [-0.39, 0.29) is 5.75 Å². The van der Waals surface area contributed by atoms with Crippen molar-refractivity contribution < 1.29 is 17.9 Å². The van der Waals surface area contributed by atoms with Crippen LogP contribution >= 0.6 is 0 Å². The van der Waals surface area contributed by atoms with E-state index in [9.17, 15) is 13.2 Å². The Kier molecular flexibility index (Phi) is 6.50. The Morgan fingerprint density at radius 2 is 1.77 bits per heavy atom. The highest BCUT2D eigenvalue weighted by molar-refractivity contribution is 5.96. The molecule has 0 saturated carbocycles. The number of aryl methyl sites for hydroxylation is 1. The van der Waals surface area contributed by atoms with E-state index >= 15 is 0 Å². The number of aromatic nitrogens is 1. The smallest absolute Gasteiger partial charge is 0.406 e. The lowest BCUT2D eigenvalue weighted by Crippen LogP contribution is -2.42. The maximum Gasteiger partial charge on any atom is 0.573 e. The van der Waals surface area contributed by atoms with Gasteiger partial charge in [0.15, 0.2) is 0 Å². The molecule has 0 bridgehead atoms. The summed E-state index contributed by atoms with van der Waals surface area (Å²) in [5, 5.41) is 4.46. The Balaban J connectivity index is 1.67. The molecule has 5 nitrogen and oxygen atoms in total. The maximum atomic E-state index is 12.5. The van der Waals surface area contributed by atoms with Crippen LogP contribution in [-0.4, -0.2) is 48.6 Å². The van der Waals surface area contributed by atoms with E-state index in [1.165, 1.54) is 17.7 Å². The Labute approximate surface area is 179 Å². The second-order valence-corrected chi connectivity index (χ2v) is 7.83. The fraction of sp³-hybridized carbons (Fsp3) is 0.391. The van der Waals surface area contributed by atoms with Crippen molar-refractivity contribution in [3.8, 4) is 16.9 Å². The van der Waals surface area contributed by atoms with Crippen LogP contribution in [0.2, 0.25) is 0 Å². The molecule has 0 amide bonds. The van der Waals surface area contributed by atoms with Crippen molar-refractivity contribution in [1.29, 1.82) is 0 Å². The summed E-state index contributed by atoms with van der Waals surface area (Å²) < 4.78 is 43.6. The third-order valence-electron chi connectivity index (χ3n) is 5.56. The van der Waals surface area contributed by atoms with Crippen molar-refractivity contribution in [1.82, 2.24) is 14.8 Å². The van der Waals surface area contributed by atoms with E-state index < -0.39 is 6.36 Å². The lowest BCUT2D eigenvalue weighted by Gasteiger charge is -2.27. The Morgan fingerprint density at radius 1 is 1.03 bits per heavy atom. The molecule has 0 spiro atoms. The van der Waals surface area contributed by atoms with Crippen molar-refractivity contribution in [3.05, 3.63) is 54.2 Å². The van der Waals surface area contributed by atoms with Crippen LogP contribution < -0.4 is 15.8 Å². The molecule has 0 atom stereocenters. The molecule has 2 heterocycles. The molecule has 0 aliphatic carbocycles. The number of hydrogen-bond donors (Lipinski definition) is 2. The SMILES string of the molecule is NCCCn1cc(-c2ccc(OC(F)(F)F)cc2)c2cc(CN3CCNCC3)ccc21. The number of benzene rings is 2. The van der Waals surface area contributed by atoms with Crippen molar-refractivity contribution >= 4 is 10.9 Å². The number of rotatable bonds is 7. The van der Waals surface area contributed by atoms with E-state index in [1.807, 2.05) is 0 Å². The molecule has 1 aromatic heterocycles. The maximum absolute atomic E-state index is 12.5. The molecule has 166 valence electrons. The van der Waals surface area contributed by atoms with E-state index in [2.05, 4.69) is 43.9 Å². The predicted octanol–water partition coefficient (Wildman–Crippen LogP) is 3.96. The van der Waals surface area contributed by atoms with Gasteiger partial charge in [0.2, 0.25) is 0 Å². The van der Waals surface area contributed by atoms with Crippen LogP contribution in [0.15, 0.2) is 48.7 Å². The summed E-state index contributed by atoms with van der Waals surface area (Å²) in [4.78, 5) is 2.42. The second-order valence-electron chi connectivity index (χ2n) is 7.83. The number of halogens is 3. The van der Waals surface area contributed by atoms with Gasteiger partial charge in [-0.2, -0.15) is 0 Å². The van der Waals surface area contributed by atoms with Gasteiger partial charge in [0.25, 0.3) is 0 Å². The molecule has 1 aliphatic heterocycles. The minimum Gasteiger partial charge on any atom is -0.406 e. The molecule has 31 heavy (non-hydrogen) atoms. The first-order chi connectivity index (χ1) is 14.9. The van der Waals surface area contributed by atoms with E-state index in [0.29, 0.717) is 6.54 Å². The second kappa shape index (κ2) is 9.30. The molecule has 4 rings (SSSR count). The van der Waals surface area contributed by atoms with Gasteiger partial charge in [-0.3, -0.25) is 4.90 Å². The van der Waals surface area contributed by atoms with Crippen molar-refractivity contribution in [2.24, 2.45) is 5.73 Å². The van der Waals surface area contributed by atoms with Crippen LogP contribution in [0.3, 0.4) is 0 Å². The number of fused-ring (bicyclic) bond motifs is 1. The summed E-state index contributed by atoms with van der Waals surface area (Å²) in [6.07, 6.45) is -1.78. The Morgan fingerprint density at radius 3 is 2.45 bits per heavy atom. The lowest BCUT2D eigenvalue weighted by molar-refractivity contribution is -0.274. The molecule has 3 aromatic rings. The number of piperazine rings is 1. The summed E-state index contributed by atoms with van der Waals surface area (Å²) in [6.45, 7) is 6.29. The molecule has 8 heteroatoms. The molecule has 1 saturated heterocycles. The molecule has 1 aliphatic rings. The number of hydrogen-bond acceptors (Lipinski definition) is 4. The van der Waals surface area contributed by atoms with Gasteiger partial charge in [-0.1, -0.05) is 18.2 Å². The van der Waals surface area contributed by atoms with Crippen molar-refractivity contribution in [3.63, 3.8) is 0 Å².